The highest BCUT2D eigenvalue weighted by molar-refractivity contribution is 5.32. The summed E-state index contributed by atoms with van der Waals surface area (Å²) in [5.74, 6) is 0. The van der Waals surface area contributed by atoms with Crippen molar-refractivity contribution >= 4 is 0 Å². The molecule has 0 aliphatic heterocycles. The number of ether oxygens (including phenoxy) is 1. The Bertz CT molecular complexity index is 550. The summed E-state index contributed by atoms with van der Waals surface area (Å²) in [6.45, 7) is 7.21. The van der Waals surface area contributed by atoms with Gasteiger partial charge in [-0.1, -0.05) is 30.3 Å². The fourth-order valence-corrected chi connectivity index (χ4v) is 2.32. The Kier molecular flexibility index (Phi) is 5.09. The van der Waals surface area contributed by atoms with Crippen LogP contribution in [-0.4, -0.2) is 34.2 Å². The summed E-state index contributed by atoms with van der Waals surface area (Å²) in [4.78, 5) is 0. The van der Waals surface area contributed by atoms with Gasteiger partial charge in [-0.2, -0.15) is 0 Å². The third-order valence-corrected chi connectivity index (χ3v) is 3.69. The number of aromatic nitrogens is 3. The predicted molar refractivity (Wildman–Crippen MR) is 83.5 cm³/mol. The molecule has 1 aromatic heterocycles. The third kappa shape index (κ3) is 3.49. The predicted octanol–water partition coefficient (Wildman–Crippen LogP) is 2.73. The highest BCUT2D eigenvalue weighted by Gasteiger charge is 2.33. The smallest absolute Gasteiger partial charge is 0.0844 e. The van der Waals surface area contributed by atoms with Crippen molar-refractivity contribution in [1.82, 2.24) is 20.3 Å². The fraction of sp³-hybridized carbons (Fsp3) is 0.500. The summed E-state index contributed by atoms with van der Waals surface area (Å²) in [6, 6.07) is 10.0. The number of methoxy groups -OCH3 is 1. The molecule has 1 atom stereocenters. The second kappa shape index (κ2) is 6.83. The minimum Gasteiger partial charge on any atom is -0.377 e. The molecule has 1 heterocycles. The topological polar surface area (TPSA) is 52.0 Å². The van der Waals surface area contributed by atoms with Crippen molar-refractivity contribution in [2.75, 3.05) is 13.7 Å². The lowest BCUT2D eigenvalue weighted by molar-refractivity contribution is -0.0128. The number of hydrogen-bond acceptors (Lipinski definition) is 4. The Hall–Kier alpha value is -1.72. The summed E-state index contributed by atoms with van der Waals surface area (Å²) in [5.41, 5.74) is 1.64. The maximum atomic E-state index is 5.68. The molecule has 0 amide bonds. The normalized spacial score (nSPS) is 13.3. The zero-order chi connectivity index (χ0) is 15.3. The van der Waals surface area contributed by atoms with Gasteiger partial charge in [0.05, 0.1) is 29.2 Å². The molecule has 0 aliphatic carbocycles. The lowest BCUT2D eigenvalue weighted by Gasteiger charge is -2.33. The molecule has 0 saturated heterocycles. The average Bonchev–Trinajstić information content (AvgIpc) is 2.97. The molecule has 0 spiro atoms. The first kappa shape index (κ1) is 15.7. The van der Waals surface area contributed by atoms with Crippen LogP contribution < -0.4 is 5.32 Å². The van der Waals surface area contributed by atoms with Crippen LogP contribution in [0.3, 0.4) is 0 Å². The van der Waals surface area contributed by atoms with E-state index in [1.165, 1.54) is 0 Å². The van der Waals surface area contributed by atoms with Crippen molar-refractivity contribution in [3.05, 3.63) is 42.2 Å². The largest absolute Gasteiger partial charge is 0.377 e. The first-order chi connectivity index (χ1) is 10.1. The van der Waals surface area contributed by atoms with Crippen molar-refractivity contribution < 1.29 is 4.74 Å². The third-order valence-electron chi connectivity index (χ3n) is 3.69. The number of para-hydroxylation sites is 1. The van der Waals surface area contributed by atoms with Crippen molar-refractivity contribution in [2.24, 2.45) is 0 Å². The Morgan fingerprint density at radius 2 is 2.00 bits per heavy atom. The molecule has 21 heavy (non-hydrogen) atoms. The Morgan fingerprint density at radius 1 is 1.29 bits per heavy atom. The summed E-state index contributed by atoms with van der Waals surface area (Å²) >= 11 is 0. The van der Waals surface area contributed by atoms with Gasteiger partial charge in [0.1, 0.15) is 0 Å². The van der Waals surface area contributed by atoms with E-state index in [9.17, 15) is 0 Å². The van der Waals surface area contributed by atoms with Crippen LogP contribution in [0.1, 0.15) is 38.9 Å². The second-order valence-electron chi connectivity index (χ2n) is 5.60. The van der Waals surface area contributed by atoms with Crippen LogP contribution in [-0.2, 0) is 4.74 Å². The van der Waals surface area contributed by atoms with E-state index < -0.39 is 0 Å². The molecule has 0 fully saturated rings. The van der Waals surface area contributed by atoms with E-state index in [1.807, 2.05) is 35.0 Å². The Morgan fingerprint density at radius 3 is 2.62 bits per heavy atom. The number of nitrogens with zero attached hydrogens (tertiary/aromatic N) is 3. The van der Waals surface area contributed by atoms with Crippen LogP contribution in [0.4, 0.5) is 0 Å². The molecule has 0 saturated carbocycles. The van der Waals surface area contributed by atoms with E-state index in [1.54, 1.807) is 13.3 Å². The van der Waals surface area contributed by atoms with Gasteiger partial charge < -0.3 is 10.1 Å². The Labute approximate surface area is 126 Å². The highest BCUT2D eigenvalue weighted by atomic mass is 16.5. The van der Waals surface area contributed by atoms with E-state index in [0.717, 1.165) is 24.3 Å². The van der Waals surface area contributed by atoms with Crippen molar-refractivity contribution in [2.45, 2.75) is 38.8 Å². The maximum Gasteiger partial charge on any atom is 0.0844 e. The van der Waals surface area contributed by atoms with Crippen molar-refractivity contribution in [1.29, 1.82) is 0 Å². The summed E-state index contributed by atoms with van der Waals surface area (Å²) in [7, 11) is 1.73. The molecular formula is C16H24N4O. The minimum absolute atomic E-state index is 0.0117. The number of hydrogen-bond donors (Lipinski definition) is 1. The van der Waals surface area contributed by atoms with E-state index in [0.29, 0.717) is 0 Å². The van der Waals surface area contributed by atoms with Gasteiger partial charge in [-0.15, -0.1) is 5.10 Å². The molecule has 0 bridgehead atoms. The van der Waals surface area contributed by atoms with Gasteiger partial charge in [-0.05, 0) is 38.9 Å². The number of rotatable bonds is 7. The fourth-order valence-electron chi connectivity index (χ4n) is 2.32. The molecule has 1 aromatic carbocycles. The van der Waals surface area contributed by atoms with E-state index in [4.69, 9.17) is 4.74 Å². The highest BCUT2D eigenvalue weighted by Crippen LogP contribution is 2.29. The average molecular weight is 288 g/mol. The Balaban J connectivity index is 2.40. The summed E-state index contributed by atoms with van der Waals surface area (Å²) < 4.78 is 7.55. The van der Waals surface area contributed by atoms with Gasteiger partial charge in [0.15, 0.2) is 0 Å². The zero-order valence-corrected chi connectivity index (χ0v) is 13.2. The lowest BCUT2D eigenvalue weighted by atomic mass is 9.95. The lowest BCUT2D eigenvalue weighted by Crippen LogP contribution is -2.42. The first-order valence-corrected chi connectivity index (χ1v) is 7.34. The van der Waals surface area contributed by atoms with E-state index in [-0.39, 0.29) is 11.6 Å². The molecule has 2 aromatic rings. The molecule has 114 valence electrons. The number of benzene rings is 1. The molecule has 1 N–H and O–H groups in total. The minimum atomic E-state index is -0.358. The molecule has 1 unspecified atom stereocenters. The molecular weight excluding hydrogens is 264 g/mol. The molecule has 5 nitrogen and oxygen atoms in total. The number of nitrogens with one attached hydrogen (secondary N) is 1. The summed E-state index contributed by atoms with van der Waals surface area (Å²) in [6.07, 6.45) is 2.87. The van der Waals surface area contributed by atoms with Crippen LogP contribution in [0.5, 0.6) is 0 Å². The molecule has 5 heteroatoms. The first-order valence-electron chi connectivity index (χ1n) is 7.34. The van der Waals surface area contributed by atoms with Gasteiger partial charge in [-0.25, -0.2) is 4.68 Å². The standard InChI is InChI=1S/C16H24N4O/c1-5-11-17-15(16(2,3)21-4)14-12-18-19-20(14)13-9-7-6-8-10-13/h6-10,12,15,17H,5,11H2,1-4H3. The van der Waals surface area contributed by atoms with Gasteiger partial charge >= 0.3 is 0 Å². The maximum absolute atomic E-state index is 5.68. The monoisotopic (exact) mass is 288 g/mol. The molecule has 2 rings (SSSR count). The van der Waals surface area contributed by atoms with Crippen molar-refractivity contribution in [3.63, 3.8) is 0 Å². The molecule has 0 radical (unpaired) electrons. The quantitative estimate of drug-likeness (QED) is 0.851. The van der Waals surface area contributed by atoms with Gasteiger partial charge in [0.2, 0.25) is 0 Å². The van der Waals surface area contributed by atoms with Gasteiger partial charge in [0, 0.05) is 7.11 Å². The second-order valence-corrected chi connectivity index (χ2v) is 5.60. The van der Waals surface area contributed by atoms with Gasteiger partial charge in [-0.3, -0.25) is 0 Å². The molecule has 0 aliphatic rings. The van der Waals surface area contributed by atoms with Crippen LogP contribution in [0.15, 0.2) is 36.5 Å². The van der Waals surface area contributed by atoms with Crippen LogP contribution in [0.2, 0.25) is 0 Å². The van der Waals surface area contributed by atoms with Crippen LogP contribution in [0.25, 0.3) is 5.69 Å². The van der Waals surface area contributed by atoms with Crippen LogP contribution >= 0.6 is 0 Å². The van der Waals surface area contributed by atoms with Crippen LogP contribution in [0, 0.1) is 0 Å². The SMILES string of the molecule is CCCNC(c1cnnn1-c1ccccc1)C(C)(C)OC. The van der Waals surface area contributed by atoms with Gasteiger partial charge in [0.25, 0.3) is 0 Å². The zero-order valence-electron chi connectivity index (χ0n) is 13.2. The van der Waals surface area contributed by atoms with E-state index >= 15 is 0 Å². The van der Waals surface area contributed by atoms with Crippen molar-refractivity contribution in [3.8, 4) is 5.69 Å². The summed E-state index contributed by atoms with van der Waals surface area (Å²) in [5, 5.41) is 11.9. The van der Waals surface area contributed by atoms with E-state index in [2.05, 4.69) is 36.4 Å².